The molecule has 1 aliphatic rings. The van der Waals surface area contributed by atoms with Gasteiger partial charge in [-0.3, -0.25) is 10.1 Å². The summed E-state index contributed by atoms with van der Waals surface area (Å²) >= 11 is 0. The molecule has 0 fully saturated rings. The fraction of sp³-hybridized carbons (Fsp3) is 0.263. The van der Waals surface area contributed by atoms with Crippen LogP contribution in [0.1, 0.15) is 11.6 Å². The molecule has 0 aliphatic carbocycles. The lowest BCUT2D eigenvalue weighted by atomic mass is 10.0. The average molecular weight is 356 g/mol. The van der Waals surface area contributed by atoms with Crippen molar-refractivity contribution < 1.29 is 24.0 Å². The van der Waals surface area contributed by atoms with Gasteiger partial charge in [-0.25, -0.2) is 4.79 Å². The van der Waals surface area contributed by atoms with Crippen LogP contribution in [0.15, 0.2) is 54.6 Å². The molecule has 3 rings (SSSR count). The largest absolute Gasteiger partial charge is 0.486 e. The van der Waals surface area contributed by atoms with Gasteiger partial charge >= 0.3 is 6.03 Å². The Morgan fingerprint density at radius 2 is 1.81 bits per heavy atom. The van der Waals surface area contributed by atoms with Crippen LogP contribution in [0.4, 0.5) is 4.79 Å². The van der Waals surface area contributed by atoms with Crippen LogP contribution < -0.4 is 25.4 Å². The minimum Gasteiger partial charge on any atom is -0.486 e. The molecule has 0 saturated heterocycles. The number of urea groups is 1. The van der Waals surface area contributed by atoms with Crippen molar-refractivity contribution in [2.24, 2.45) is 5.73 Å². The van der Waals surface area contributed by atoms with E-state index in [2.05, 4.69) is 5.32 Å². The fourth-order valence-corrected chi connectivity index (χ4v) is 3.14. The first-order chi connectivity index (χ1) is 12.5. The van der Waals surface area contributed by atoms with Crippen molar-refractivity contribution in [1.29, 1.82) is 0 Å². The van der Waals surface area contributed by atoms with Crippen LogP contribution in [0.5, 0.6) is 11.5 Å². The summed E-state index contributed by atoms with van der Waals surface area (Å²) in [6.45, 7) is 0.910. The molecule has 1 aliphatic heterocycles. The lowest BCUT2D eigenvalue weighted by Crippen LogP contribution is -3.12. The van der Waals surface area contributed by atoms with E-state index in [-0.39, 0.29) is 6.10 Å². The maximum Gasteiger partial charge on any atom is 0.319 e. The van der Waals surface area contributed by atoms with E-state index in [1.807, 2.05) is 61.6 Å². The number of hydrogen-bond acceptors (Lipinski definition) is 4. The first-order valence-corrected chi connectivity index (χ1v) is 8.40. The minimum atomic E-state index is -0.866. The van der Waals surface area contributed by atoms with E-state index < -0.39 is 18.0 Å². The Kier molecular flexibility index (Phi) is 5.38. The number of likely N-dealkylation sites (N-methyl/N-ethyl adjacent to an activating group) is 1. The SMILES string of the molecule is C[NH+](C[C@H]1COc2ccccc2O1)[C@H](C(=O)NC(N)=O)c1ccccc1. The molecule has 7 heteroatoms. The quantitative estimate of drug-likeness (QED) is 0.717. The number of hydrogen-bond donors (Lipinski definition) is 3. The molecule has 2 aromatic carbocycles. The summed E-state index contributed by atoms with van der Waals surface area (Å²) in [5.74, 6) is 0.959. The second-order valence-corrected chi connectivity index (χ2v) is 6.25. The van der Waals surface area contributed by atoms with E-state index in [4.69, 9.17) is 15.2 Å². The second-order valence-electron chi connectivity index (χ2n) is 6.25. The molecule has 0 spiro atoms. The summed E-state index contributed by atoms with van der Waals surface area (Å²) in [6, 6.07) is 15.3. The van der Waals surface area contributed by atoms with Gasteiger partial charge in [0.15, 0.2) is 23.6 Å². The number of nitrogens with one attached hydrogen (secondary N) is 2. The lowest BCUT2D eigenvalue weighted by Gasteiger charge is -2.30. The summed E-state index contributed by atoms with van der Waals surface area (Å²) in [7, 11) is 1.88. The van der Waals surface area contributed by atoms with Gasteiger partial charge in [0.25, 0.3) is 5.91 Å². The fourth-order valence-electron chi connectivity index (χ4n) is 3.14. The molecule has 1 unspecified atom stereocenters. The molecule has 0 aromatic heterocycles. The van der Waals surface area contributed by atoms with Crippen molar-refractivity contribution in [3.63, 3.8) is 0 Å². The van der Waals surface area contributed by atoms with Crippen LogP contribution in [0, 0.1) is 0 Å². The van der Waals surface area contributed by atoms with E-state index in [1.165, 1.54) is 0 Å². The van der Waals surface area contributed by atoms with Crippen molar-refractivity contribution >= 4 is 11.9 Å². The van der Waals surface area contributed by atoms with Gasteiger partial charge in [-0.2, -0.15) is 0 Å². The van der Waals surface area contributed by atoms with Gasteiger partial charge in [0.05, 0.1) is 7.05 Å². The summed E-state index contributed by atoms with van der Waals surface area (Å²) in [6.07, 6.45) is -0.211. The number of quaternary nitrogens is 1. The number of amides is 3. The minimum absolute atomic E-state index is 0.211. The van der Waals surface area contributed by atoms with E-state index in [0.717, 1.165) is 10.5 Å². The van der Waals surface area contributed by atoms with Gasteiger partial charge in [-0.1, -0.05) is 42.5 Å². The Morgan fingerprint density at radius 1 is 1.15 bits per heavy atom. The van der Waals surface area contributed by atoms with E-state index in [1.54, 1.807) is 0 Å². The van der Waals surface area contributed by atoms with Gasteiger partial charge in [0.2, 0.25) is 0 Å². The second kappa shape index (κ2) is 7.88. The number of nitrogens with two attached hydrogens (primary N) is 1. The van der Waals surface area contributed by atoms with Gasteiger partial charge < -0.3 is 20.1 Å². The van der Waals surface area contributed by atoms with Gasteiger partial charge in [0.1, 0.15) is 13.2 Å². The lowest BCUT2D eigenvalue weighted by molar-refractivity contribution is -0.905. The Bertz CT molecular complexity index is 781. The molecule has 26 heavy (non-hydrogen) atoms. The van der Waals surface area contributed by atoms with Crippen LogP contribution in [-0.4, -0.2) is 38.2 Å². The zero-order valence-electron chi connectivity index (χ0n) is 14.5. The molecule has 136 valence electrons. The van der Waals surface area contributed by atoms with E-state index in [0.29, 0.717) is 24.7 Å². The molecule has 0 bridgehead atoms. The van der Waals surface area contributed by atoms with Crippen LogP contribution in [0.25, 0.3) is 0 Å². The third-order valence-corrected chi connectivity index (χ3v) is 4.25. The molecule has 3 amide bonds. The highest BCUT2D eigenvalue weighted by atomic mass is 16.6. The number of primary amides is 1. The predicted octanol–water partition coefficient (Wildman–Crippen LogP) is 0.277. The van der Waals surface area contributed by atoms with Crippen molar-refractivity contribution in [1.82, 2.24) is 5.32 Å². The monoisotopic (exact) mass is 356 g/mol. The highest BCUT2D eigenvalue weighted by Crippen LogP contribution is 2.30. The molecule has 0 radical (unpaired) electrons. The molecule has 2 aromatic rings. The maximum absolute atomic E-state index is 12.5. The highest BCUT2D eigenvalue weighted by Gasteiger charge is 2.33. The average Bonchev–Trinajstić information content (AvgIpc) is 2.62. The molecule has 3 atom stereocenters. The summed E-state index contributed by atoms with van der Waals surface area (Å²) in [4.78, 5) is 24.5. The zero-order valence-corrected chi connectivity index (χ0v) is 14.5. The topological polar surface area (TPSA) is 95.1 Å². The zero-order chi connectivity index (χ0) is 18.5. The Hall–Kier alpha value is -3.06. The highest BCUT2D eigenvalue weighted by molar-refractivity contribution is 5.96. The summed E-state index contributed by atoms with van der Waals surface area (Å²) in [5, 5.41) is 2.18. The van der Waals surface area contributed by atoms with Crippen LogP contribution in [0.2, 0.25) is 0 Å². The first kappa shape index (κ1) is 17.8. The number of benzene rings is 2. The van der Waals surface area contributed by atoms with Gasteiger partial charge in [-0.05, 0) is 12.1 Å². The standard InChI is InChI=1S/C19H21N3O4/c1-22(11-14-12-25-15-9-5-6-10-16(15)26-14)17(18(23)21-19(20)24)13-7-3-2-4-8-13/h2-10,14,17H,11-12H2,1H3,(H3,20,21,23,24)/p+1/t14-,17-/m0/s1. The van der Waals surface area contributed by atoms with E-state index >= 15 is 0 Å². The summed E-state index contributed by atoms with van der Waals surface area (Å²) in [5.41, 5.74) is 5.91. The van der Waals surface area contributed by atoms with Crippen molar-refractivity contribution in [2.45, 2.75) is 12.1 Å². The predicted molar refractivity (Wildman–Crippen MR) is 95.0 cm³/mol. The third-order valence-electron chi connectivity index (χ3n) is 4.25. The van der Waals surface area contributed by atoms with Crippen molar-refractivity contribution in [3.8, 4) is 11.5 Å². The molecule has 4 N–H and O–H groups in total. The number of ether oxygens (including phenoxy) is 2. The molecular formula is C19H22N3O4+. The molecule has 1 heterocycles. The van der Waals surface area contributed by atoms with Gasteiger partial charge in [0, 0.05) is 5.56 Å². The Labute approximate surface area is 151 Å². The van der Waals surface area contributed by atoms with Crippen molar-refractivity contribution in [2.75, 3.05) is 20.2 Å². The number of carbonyl (C=O) groups excluding carboxylic acids is 2. The van der Waals surface area contributed by atoms with Gasteiger partial charge in [-0.15, -0.1) is 0 Å². The van der Waals surface area contributed by atoms with Crippen molar-refractivity contribution in [3.05, 3.63) is 60.2 Å². The number of fused-ring (bicyclic) bond motifs is 1. The Morgan fingerprint density at radius 3 is 2.50 bits per heavy atom. The number of carbonyl (C=O) groups is 2. The Balaban J connectivity index is 1.74. The molecule has 0 saturated carbocycles. The smallest absolute Gasteiger partial charge is 0.319 e. The first-order valence-electron chi connectivity index (χ1n) is 8.40. The number of para-hydroxylation sites is 2. The van der Waals surface area contributed by atoms with Crippen LogP contribution >= 0.6 is 0 Å². The third kappa shape index (κ3) is 4.12. The molecule has 7 nitrogen and oxygen atoms in total. The van der Waals surface area contributed by atoms with Crippen LogP contribution in [-0.2, 0) is 4.79 Å². The maximum atomic E-state index is 12.5. The summed E-state index contributed by atoms with van der Waals surface area (Å²) < 4.78 is 11.7. The number of imide groups is 1. The van der Waals surface area contributed by atoms with Crippen LogP contribution in [0.3, 0.4) is 0 Å². The number of rotatable bonds is 5. The molecular weight excluding hydrogens is 334 g/mol. The normalized spacial score (nSPS) is 17.8. The van der Waals surface area contributed by atoms with E-state index in [9.17, 15) is 9.59 Å².